The van der Waals surface area contributed by atoms with Crippen molar-refractivity contribution in [1.82, 2.24) is 25.3 Å². The van der Waals surface area contributed by atoms with E-state index in [1.54, 1.807) is 13.2 Å². The fraction of sp³-hybridized carbons (Fsp3) is 0.348. The number of amides is 1. The Morgan fingerprint density at radius 2 is 2.00 bits per heavy atom. The summed E-state index contributed by atoms with van der Waals surface area (Å²) in [5.74, 6) is 0.595. The van der Waals surface area contributed by atoms with Crippen LogP contribution in [0.2, 0.25) is 0 Å². The normalized spacial score (nSPS) is 11.9. The van der Waals surface area contributed by atoms with Crippen LogP contribution in [0.1, 0.15) is 53.7 Å². The number of aromatic nitrogens is 4. The Hall–Kier alpha value is -3.35. The zero-order valence-corrected chi connectivity index (χ0v) is 18.2. The van der Waals surface area contributed by atoms with Gasteiger partial charge >= 0.3 is 0 Å². The van der Waals surface area contributed by atoms with Crippen LogP contribution in [0.5, 0.6) is 5.75 Å². The van der Waals surface area contributed by atoms with E-state index in [0.717, 1.165) is 40.3 Å². The maximum Gasteiger partial charge on any atom is 0.269 e. The van der Waals surface area contributed by atoms with E-state index in [1.165, 1.54) is 0 Å². The van der Waals surface area contributed by atoms with Crippen LogP contribution < -0.4 is 10.1 Å². The van der Waals surface area contributed by atoms with E-state index in [-0.39, 0.29) is 11.9 Å². The van der Waals surface area contributed by atoms with Gasteiger partial charge in [-0.3, -0.25) is 14.6 Å². The van der Waals surface area contributed by atoms with Crippen LogP contribution >= 0.6 is 0 Å². The van der Waals surface area contributed by atoms with E-state index in [0.29, 0.717) is 17.9 Å². The molecule has 0 aliphatic heterocycles. The second-order valence-electron chi connectivity index (χ2n) is 7.53. The van der Waals surface area contributed by atoms with Crippen molar-refractivity contribution in [2.24, 2.45) is 0 Å². The number of ether oxygens (including phenoxy) is 1. The topological polar surface area (TPSA) is 84.8 Å². The lowest BCUT2D eigenvalue weighted by atomic mass is 10.0. The minimum absolute atomic E-state index is 0.100. The molecule has 0 saturated heterocycles. The smallest absolute Gasteiger partial charge is 0.269 e. The first kappa shape index (κ1) is 21.4. The van der Waals surface area contributed by atoms with Gasteiger partial charge in [-0.15, -0.1) is 0 Å². The Bertz CT molecular complexity index is 1050. The fourth-order valence-electron chi connectivity index (χ4n) is 3.54. The van der Waals surface area contributed by atoms with E-state index < -0.39 is 0 Å². The maximum atomic E-state index is 12.8. The third-order valence-corrected chi connectivity index (χ3v) is 5.11. The average molecular weight is 408 g/mol. The van der Waals surface area contributed by atoms with Crippen molar-refractivity contribution in [2.45, 2.75) is 46.7 Å². The first-order valence-corrected chi connectivity index (χ1v) is 10.0. The Labute approximate surface area is 177 Å². The summed E-state index contributed by atoms with van der Waals surface area (Å²) in [5, 5.41) is 14.9. The molecule has 0 aliphatic rings. The summed E-state index contributed by atoms with van der Waals surface area (Å²) in [5.41, 5.74) is 5.99. The lowest BCUT2D eigenvalue weighted by molar-refractivity contribution is 0.0930. The third-order valence-electron chi connectivity index (χ3n) is 5.11. The van der Waals surface area contributed by atoms with Crippen LogP contribution in [-0.4, -0.2) is 33.0 Å². The number of H-pyrrole nitrogens is 1. The number of rotatable bonds is 8. The molecule has 0 saturated carbocycles. The lowest BCUT2D eigenvalue weighted by Crippen LogP contribution is -2.28. The zero-order valence-electron chi connectivity index (χ0n) is 18.2. The van der Waals surface area contributed by atoms with Gasteiger partial charge in [0.25, 0.3) is 5.91 Å². The Kier molecular flexibility index (Phi) is 6.40. The maximum absolute atomic E-state index is 12.8. The summed E-state index contributed by atoms with van der Waals surface area (Å²) < 4.78 is 7.12. The van der Waals surface area contributed by atoms with Gasteiger partial charge in [0.2, 0.25) is 0 Å². The van der Waals surface area contributed by atoms with Crippen LogP contribution in [0.4, 0.5) is 0 Å². The van der Waals surface area contributed by atoms with Crippen molar-refractivity contribution >= 4 is 5.91 Å². The van der Waals surface area contributed by atoms with Crippen LogP contribution in [-0.2, 0) is 6.54 Å². The van der Waals surface area contributed by atoms with Crippen molar-refractivity contribution in [3.05, 3.63) is 65.1 Å². The highest BCUT2D eigenvalue weighted by atomic mass is 16.5. The molecule has 2 aromatic heterocycles. The van der Waals surface area contributed by atoms with Gasteiger partial charge < -0.3 is 10.1 Å². The minimum atomic E-state index is -0.193. The number of benzene rings is 1. The molecule has 7 nitrogen and oxygen atoms in total. The molecule has 3 aromatic rings. The molecule has 2 heterocycles. The van der Waals surface area contributed by atoms with Gasteiger partial charge in [-0.05, 0) is 51.0 Å². The van der Waals surface area contributed by atoms with Crippen LogP contribution in [0.15, 0.2) is 42.5 Å². The van der Waals surface area contributed by atoms with E-state index in [2.05, 4.69) is 27.2 Å². The van der Waals surface area contributed by atoms with Crippen LogP contribution in [0.3, 0.4) is 0 Å². The van der Waals surface area contributed by atoms with Gasteiger partial charge in [-0.2, -0.15) is 10.2 Å². The summed E-state index contributed by atoms with van der Waals surface area (Å²) in [6, 6.07) is 9.40. The van der Waals surface area contributed by atoms with Crippen molar-refractivity contribution in [3.63, 3.8) is 0 Å². The molecule has 0 radical (unpaired) electrons. The van der Waals surface area contributed by atoms with Crippen molar-refractivity contribution < 1.29 is 9.53 Å². The number of carbonyl (C=O) groups is 1. The molecule has 158 valence electrons. The van der Waals surface area contributed by atoms with Gasteiger partial charge in [0.15, 0.2) is 0 Å². The summed E-state index contributed by atoms with van der Waals surface area (Å²) in [6.07, 6.45) is 0.769. The molecule has 1 aromatic carbocycles. The highest BCUT2D eigenvalue weighted by molar-refractivity contribution is 5.93. The number of carbonyl (C=O) groups excluding carboxylic acids is 1. The van der Waals surface area contributed by atoms with E-state index in [1.807, 2.05) is 56.6 Å². The molecule has 0 aliphatic carbocycles. The predicted molar refractivity (Wildman–Crippen MR) is 118 cm³/mol. The highest BCUT2D eigenvalue weighted by Crippen LogP contribution is 2.27. The van der Waals surface area contributed by atoms with Gasteiger partial charge in [0.1, 0.15) is 11.4 Å². The molecule has 1 atom stereocenters. The Morgan fingerprint density at radius 3 is 2.60 bits per heavy atom. The SMILES string of the molecule is C=C(C)Cn1nc(C)c(-c2cc(C(=O)NC(CC)c3ccc(OC)cc3)[nH]n2)c1C. The van der Waals surface area contributed by atoms with Gasteiger partial charge in [0.05, 0.1) is 31.1 Å². The monoisotopic (exact) mass is 407 g/mol. The predicted octanol–water partition coefficient (Wildman–Crippen LogP) is 4.36. The van der Waals surface area contributed by atoms with Crippen molar-refractivity contribution in [3.8, 4) is 17.0 Å². The van der Waals surface area contributed by atoms with Crippen LogP contribution in [0.25, 0.3) is 11.3 Å². The summed E-state index contributed by atoms with van der Waals surface area (Å²) >= 11 is 0. The fourth-order valence-corrected chi connectivity index (χ4v) is 3.54. The standard InChI is InChI=1S/C23H29N5O2/c1-7-19(17-8-10-18(30-6)11-9-17)24-23(29)21-12-20(25-26-21)22-15(4)27-28(16(22)5)13-14(2)3/h8-12,19H,2,7,13H2,1,3-6H3,(H,24,29)(H,25,26). The first-order valence-electron chi connectivity index (χ1n) is 10.0. The van der Waals surface area contributed by atoms with E-state index in [9.17, 15) is 4.79 Å². The Morgan fingerprint density at radius 1 is 1.30 bits per heavy atom. The van der Waals surface area contributed by atoms with Crippen molar-refractivity contribution in [1.29, 1.82) is 0 Å². The minimum Gasteiger partial charge on any atom is -0.497 e. The number of aryl methyl sites for hydroxylation is 1. The number of hydrogen-bond acceptors (Lipinski definition) is 4. The molecule has 1 amide bonds. The molecule has 0 fully saturated rings. The lowest BCUT2D eigenvalue weighted by Gasteiger charge is -2.17. The molecule has 30 heavy (non-hydrogen) atoms. The second-order valence-corrected chi connectivity index (χ2v) is 7.53. The van der Waals surface area contributed by atoms with Gasteiger partial charge in [-0.25, -0.2) is 0 Å². The van der Waals surface area contributed by atoms with Gasteiger partial charge in [0, 0.05) is 11.3 Å². The largest absolute Gasteiger partial charge is 0.497 e. The number of allylic oxidation sites excluding steroid dienone is 1. The zero-order chi connectivity index (χ0) is 21.8. The number of hydrogen-bond donors (Lipinski definition) is 2. The highest BCUT2D eigenvalue weighted by Gasteiger charge is 2.20. The quantitative estimate of drug-likeness (QED) is 0.544. The molecule has 0 bridgehead atoms. The Balaban J connectivity index is 1.79. The molecular formula is C23H29N5O2. The number of methoxy groups -OCH3 is 1. The molecule has 7 heteroatoms. The molecular weight excluding hydrogens is 378 g/mol. The second kappa shape index (κ2) is 8.98. The molecule has 3 rings (SSSR count). The van der Waals surface area contributed by atoms with E-state index >= 15 is 0 Å². The molecule has 2 N–H and O–H groups in total. The summed E-state index contributed by atoms with van der Waals surface area (Å²) in [6.45, 7) is 12.6. The van der Waals surface area contributed by atoms with E-state index in [4.69, 9.17) is 4.74 Å². The summed E-state index contributed by atoms with van der Waals surface area (Å²) in [7, 11) is 1.63. The van der Waals surface area contributed by atoms with Gasteiger partial charge in [-0.1, -0.05) is 31.2 Å². The first-order chi connectivity index (χ1) is 14.3. The number of nitrogens with zero attached hydrogens (tertiary/aromatic N) is 3. The number of nitrogens with one attached hydrogen (secondary N) is 2. The third kappa shape index (κ3) is 4.45. The summed E-state index contributed by atoms with van der Waals surface area (Å²) in [4.78, 5) is 12.8. The molecule has 0 spiro atoms. The number of aromatic amines is 1. The van der Waals surface area contributed by atoms with Crippen molar-refractivity contribution in [2.75, 3.05) is 7.11 Å². The average Bonchev–Trinajstić information content (AvgIpc) is 3.30. The molecule has 1 unspecified atom stereocenters. The van der Waals surface area contributed by atoms with Crippen LogP contribution in [0, 0.1) is 13.8 Å².